The van der Waals surface area contributed by atoms with E-state index in [1.165, 1.54) is 5.69 Å². The van der Waals surface area contributed by atoms with Gasteiger partial charge in [-0.25, -0.2) is 9.97 Å². The number of para-hydroxylation sites is 1. The lowest BCUT2D eigenvalue weighted by molar-refractivity contribution is 0.247. The minimum Gasteiger partial charge on any atom is -0.369 e. The van der Waals surface area contributed by atoms with Gasteiger partial charge >= 0.3 is 0 Å². The molecule has 3 aromatic rings. The maximum Gasteiger partial charge on any atom is 0.234 e. The van der Waals surface area contributed by atoms with Gasteiger partial charge in [-0.05, 0) is 34.1 Å². The van der Waals surface area contributed by atoms with E-state index in [0.717, 1.165) is 48.8 Å². The van der Waals surface area contributed by atoms with Crippen molar-refractivity contribution < 1.29 is 0 Å². The summed E-state index contributed by atoms with van der Waals surface area (Å²) >= 11 is 3.65. The van der Waals surface area contributed by atoms with Gasteiger partial charge in [0.15, 0.2) is 0 Å². The third kappa shape index (κ3) is 2.96. The van der Waals surface area contributed by atoms with Crippen molar-refractivity contribution in [3.05, 3.63) is 59.1 Å². The number of benzene rings is 1. The lowest BCUT2D eigenvalue weighted by Crippen LogP contribution is -2.46. The zero-order valence-corrected chi connectivity index (χ0v) is 14.4. The van der Waals surface area contributed by atoms with Gasteiger partial charge in [-0.3, -0.25) is 9.30 Å². The quantitative estimate of drug-likeness (QED) is 0.709. The molecule has 1 aromatic carbocycles. The Morgan fingerprint density at radius 3 is 2.52 bits per heavy atom. The van der Waals surface area contributed by atoms with Gasteiger partial charge in [0.1, 0.15) is 4.60 Å². The summed E-state index contributed by atoms with van der Waals surface area (Å²) in [6.45, 7) is 5.04. The van der Waals surface area contributed by atoms with Crippen molar-refractivity contribution in [2.75, 3.05) is 31.1 Å². The molecule has 0 unspecified atom stereocenters. The van der Waals surface area contributed by atoms with Crippen molar-refractivity contribution in [1.29, 1.82) is 0 Å². The summed E-state index contributed by atoms with van der Waals surface area (Å²) in [5.41, 5.74) is 2.36. The van der Waals surface area contributed by atoms with E-state index in [0.29, 0.717) is 0 Å². The fraction of sp³-hybridized carbons (Fsp3) is 0.294. The van der Waals surface area contributed by atoms with Gasteiger partial charge in [-0.2, -0.15) is 0 Å². The second kappa shape index (κ2) is 6.29. The van der Waals surface area contributed by atoms with E-state index >= 15 is 0 Å². The molecule has 0 atom stereocenters. The smallest absolute Gasteiger partial charge is 0.234 e. The van der Waals surface area contributed by atoms with E-state index in [1.54, 1.807) is 6.20 Å². The van der Waals surface area contributed by atoms with E-state index in [4.69, 9.17) is 0 Å². The summed E-state index contributed by atoms with van der Waals surface area (Å²) in [6.07, 6.45) is 3.76. The molecule has 6 heteroatoms. The second-order valence-corrected chi connectivity index (χ2v) is 6.49. The molecule has 0 radical (unpaired) electrons. The first-order chi connectivity index (χ1) is 11.3. The van der Waals surface area contributed by atoms with Gasteiger partial charge in [0.2, 0.25) is 5.78 Å². The van der Waals surface area contributed by atoms with Crippen molar-refractivity contribution in [3.63, 3.8) is 0 Å². The van der Waals surface area contributed by atoms with E-state index in [1.807, 2.05) is 16.7 Å². The molecule has 118 valence electrons. The van der Waals surface area contributed by atoms with Crippen molar-refractivity contribution in [2.24, 2.45) is 0 Å². The molecule has 1 aliphatic rings. The number of rotatable bonds is 3. The predicted molar refractivity (Wildman–Crippen MR) is 94.6 cm³/mol. The first-order valence-electron chi connectivity index (χ1n) is 7.81. The first kappa shape index (κ1) is 14.7. The van der Waals surface area contributed by atoms with Gasteiger partial charge in [0.05, 0.1) is 5.69 Å². The highest BCUT2D eigenvalue weighted by Gasteiger charge is 2.20. The van der Waals surface area contributed by atoms with Gasteiger partial charge in [0.25, 0.3) is 0 Å². The fourth-order valence-corrected chi connectivity index (χ4v) is 3.51. The molecule has 2 aromatic heterocycles. The maximum atomic E-state index is 4.63. The Labute approximate surface area is 143 Å². The maximum absolute atomic E-state index is 4.63. The number of hydrogen-bond acceptors (Lipinski definition) is 4. The molecule has 1 saturated heterocycles. The Balaban J connectivity index is 1.43. The number of anilines is 1. The third-order valence-corrected chi connectivity index (χ3v) is 5.12. The topological polar surface area (TPSA) is 36.7 Å². The molecular weight excluding hydrogens is 354 g/mol. The fourth-order valence-electron chi connectivity index (χ4n) is 3.02. The van der Waals surface area contributed by atoms with Crippen LogP contribution < -0.4 is 4.90 Å². The van der Waals surface area contributed by atoms with Crippen molar-refractivity contribution >= 4 is 27.4 Å². The molecule has 4 rings (SSSR count). The largest absolute Gasteiger partial charge is 0.369 e. The number of nitrogens with zero attached hydrogens (tertiary/aromatic N) is 5. The first-order valence-corrected chi connectivity index (χ1v) is 8.60. The van der Waals surface area contributed by atoms with Crippen molar-refractivity contribution in [3.8, 4) is 0 Å². The van der Waals surface area contributed by atoms with Crippen LogP contribution in [0.3, 0.4) is 0 Å². The number of imidazole rings is 1. The highest BCUT2D eigenvalue weighted by Crippen LogP contribution is 2.21. The van der Waals surface area contributed by atoms with E-state index in [2.05, 4.69) is 66.0 Å². The van der Waals surface area contributed by atoms with Crippen LogP contribution >= 0.6 is 15.9 Å². The molecule has 0 aliphatic carbocycles. The van der Waals surface area contributed by atoms with Crippen LogP contribution in [0.4, 0.5) is 5.69 Å². The van der Waals surface area contributed by atoms with Gasteiger partial charge in [-0.1, -0.05) is 18.2 Å². The highest BCUT2D eigenvalue weighted by atomic mass is 79.9. The molecular formula is C17H18BrN5. The number of piperazine rings is 1. The molecule has 23 heavy (non-hydrogen) atoms. The van der Waals surface area contributed by atoms with Crippen LogP contribution in [0.5, 0.6) is 0 Å². The van der Waals surface area contributed by atoms with Crippen LogP contribution in [-0.4, -0.2) is 45.4 Å². The number of fused-ring (bicyclic) bond motifs is 1. The molecule has 1 aliphatic heterocycles. The molecule has 1 fully saturated rings. The van der Waals surface area contributed by atoms with Crippen molar-refractivity contribution in [1.82, 2.24) is 19.3 Å². The lowest BCUT2D eigenvalue weighted by atomic mass is 10.2. The normalized spacial score (nSPS) is 16.1. The van der Waals surface area contributed by atoms with Crippen LogP contribution in [0.1, 0.15) is 5.69 Å². The Kier molecular flexibility index (Phi) is 4.01. The summed E-state index contributed by atoms with van der Waals surface area (Å²) in [7, 11) is 0. The third-order valence-electron chi connectivity index (χ3n) is 4.28. The van der Waals surface area contributed by atoms with E-state index in [9.17, 15) is 0 Å². The van der Waals surface area contributed by atoms with Crippen LogP contribution in [-0.2, 0) is 6.54 Å². The van der Waals surface area contributed by atoms with Crippen LogP contribution in [0.2, 0.25) is 0 Å². The average molecular weight is 372 g/mol. The van der Waals surface area contributed by atoms with Gasteiger partial charge in [0, 0.05) is 50.8 Å². The number of aromatic nitrogens is 3. The molecule has 0 saturated carbocycles. The number of halogens is 1. The minimum atomic E-state index is 0.747. The molecule has 0 bridgehead atoms. The minimum absolute atomic E-state index is 0.747. The summed E-state index contributed by atoms with van der Waals surface area (Å²) in [6, 6.07) is 12.5. The Morgan fingerprint density at radius 1 is 1.00 bits per heavy atom. The number of hydrogen-bond donors (Lipinski definition) is 0. The standard InChI is InChI=1S/C17H18BrN5/c18-16-15(20-17-19-7-4-8-23(16)17)13-21-9-11-22(12-10-21)14-5-2-1-3-6-14/h1-8H,9-13H2. The van der Waals surface area contributed by atoms with E-state index < -0.39 is 0 Å². The van der Waals surface area contributed by atoms with Gasteiger partial charge in [-0.15, -0.1) is 0 Å². The Bertz CT molecular complexity index is 793. The SMILES string of the molecule is Brc1c(CN2CCN(c3ccccc3)CC2)nc2ncccn12. The lowest BCUT2D eigenvalue weighted by Gasteiger charge is -2.35. The van der Waals surface area contributed by atoms with Crippen LogP contribution in [0.25, 0.3) is 5.78 Å². The molecule has 5 nitrogen and oxygen atoms in total. The molecule has 0 spiro atoms. The molecule has 3 heterocycles. The van der Waals surface area contributed by atoms with Gasteiger partial charge < -0.3 is 4.90 Å². The average Bonchev–Trinajstić information content (AvgIpc) is 2.93. The van der Waals surface area contributed by atoms with Crippen LogP contribution in [0, 0.1) is 0 Å². The molecule has 0 amide bonds. The second-order valence-electron chi connectivity index (χ2n) is 5.74. The molecule has 0 N–H and O–H groups in total. The summed E-state index contributed by atoms with van der Waals surface area (Å²) in [5, 5.41) is 0. The zero-order valence-electron chi connectivity index (χ0n) is 12.8. The van der Waals surface area contributed by atoms with Crippen molar-refractivity contribution in [2.45, 2.75) is 6.54 Å². The van der Waals surface area contributed by atoms with Crippen LogP contribution in [0.15, 0.2) is 53.4 Å². The Hall–Kier alpha value is -1.92. The summed E-state index contributed by atoms with van der Waals surface area (Å²) in [5.74, 6) is 0.747. The highest BCUT2D eigenvalue weighted by molar-refractivity contribution is 9.10. The summed E-state index contributed by atoms with van der Waals surface area (Å²) < 4.78 is 2.99. The van der Waals surface area contributed by atoms with E-state index in [-0.39, 0.29) is 0 Å². The predicted octanol–water partition coefficient (Wildman–Crippen LogP) is 2.81. The monoisotopic (exact) mass is 371 g/mol. The Morgan fingerprint density at radius 2 is 1.78 bits per heavy atom. The summed E-state index contributed by atoms with van der Waals surface area (Å²) in [4.78, 5) is 13.8. The zero-order chi connectivity index (χ0) is 15.6.